The normalized spacial score (nSPS) is 21.4. The van der Waals surface area contributed by atoms with E-state index < -0.39 is 5.54 Å². The number of carbonyl (C=O) groups is 2. The number of ether oxygens (including phenoxy) is 2. The number of benzene rings is 2. The van der Waals surface area contributed by atoms with Gasteiger partial charge in [-0.15, -0.1) is 0 Å². The van der Waals surface area contributed by atoms with Gasteiger partial charge in [0.2, 0.25) is 0 Å². The number of carbonyl (C=O) groups excluding carboxylic acids is 2. The topological polar surface area (TPSA) is 71.1 Å². The highest BCUT2D eigenvalue weighted by molar-refractivity contribution is 6.07. The fourth-order valence-corrected chi connectivity index (χ4v) is 5.48. The van der Waals surface area contributed by atoms with E-state index in [1.165, 1.54) is 27.2 Å². The molecule has 2 heterocycles. The monoisotopic (exact) mass is 479 g/mol. The minimum Gasteiger partial charge on any atom is -0.493 e. The summed E-state index contributed by atoms with van der Waals surface area (Å²) in [5.41, 5.74) is 5.17. The maximum atomic E-state index is 13.5. The quantitative estimate of drug-likeness (QED) is 0.598. The highest BCUT2D eigenvalue weighted by Gasteiger charge is 2.52. The third kappa shape index (κ3) is 4.74. The van der Waals surface area contributed by atoms with Crippen LogP contribution < -0.4 is 14.8 Å². The number of nitrogens with zero attached hydrogens (tertiary/aromatic N) is 2. The van der Waals surface area contributed by atoms with Crippen LogP contribution in [-0.4, -0.2) is 54.6 Å². The SMILES string of the molecule is COc1cccc(CN2C(=O)N[C@](C)(C3CCN(Cc4cc(C)c(C)cc4C)CC3)C2=O)c1OC. The Bertz CT molecular complexity index is 1120. The summed E-state index contributed by atoms with van der Waals surface area (Å²) in [4.78, 5) is 30.2. The van der Waals surface area contributed by atoms with Crippen molar-refractivity contribution in [1.29, 1.82) is 0 Å². The Kier molecular flexibility index (Phi) is 7.08. The number of aryl methyl sites for hydroxylation is 3. The smallest absolute Gasteiger partial charge is 0.325 e. The van der Waals surface area contributed by atoms with E-state index in [1.807, 2.05) is 19.1 Å². The van der Waals surface area contributed by atoms with E-state index in [1.54, 1.807) is 20.3 Å². The Labute approximate surface area is 208 Å². The first-order valence-corrected chi connectivity index (χ1v) is 12.3. The lowest BCUT2D eigenvalue weighted by atomic mass is 9.78. The van der Waals surface area contributed by atoms with Crippen LogP contribution in [0.4, 0.5) is 4.79 Å². The zero-order valence-corrected chi connectivity index (χ0v) is 21.7. The second-order valence-corrected chi connectivity index (χ2v) is 10.1. The van der Waals surface area contributed by atoms with Crippen LogP contribution in [0, 0.1) is 26.7 Å². The maximum absolute atomic E-state index is 13.5. The number of likely N-dealkylation sites (tertiary alicyclic amines) is 1. The molecule has 188 valence electrons. The van der Waals surface area contributed by atoms with E-state index in [-0.39, 0.29) is 24.4 Å². The van der Waals surface area contributed by atoms with Gasteiger partial charge in [-0.2, -0.15) is 0 Å². The maximum Gasteiger partial charge on any atom is 0.325 e. The molecule has 7 nitrogen and oxygen atoms in total. The first kappa shape index (κ1) is 25.0. The van der Waals surface area contributed by atoms with Crippen molar-refractivity contribution in [2.24, 2.45) is 5.92 Å². The molecular weight excluding hydrogens is 442 g/mol. The van der Waals surface area contributed by atoms with Gasteiger partial charge in [-0.05, 0) is 87.9 Å². The number of rotatable bonds is 7. The number of imide groups is 1. The van der Waals surface area contributed by atoms with Crippen LogP contribution in [0.3, 0.4) is 0 Å². The van der Waals surface area contributed by atoms with Gasteiger partial charge in [0.05, 0.1) is 20.8 Å². The minimum atomic E-state index is -0.897. The fourth-order valence-electron chi connectivity index (χ4n) is 5.48. The summed E-state index contributed by atoms with van der Waals surface area (Å²) in [5, 5.41) is 3.02. The summed E-state index contributed by atoms with van der Waals surface area (Å²) in [6.07, 6.45) is 1.73. The van der Waals surface area contributed by atoms with E-state index in [0.29, 0.717) is 11.5 Å². The van der Waals surface area contributed by atoms with Crippen molar-refractivity contribution in [2.75, 3.05) is 27.3 Å². The van der Waals surface area contributed by atoms with Gasteiger partial charge in [-0.3, -0.25) is 14.6 Å². The van der Waals surface area contributed by atoms with Gasteiger partial charge in [-0.1, -0.05) is 24.3 Å². The average molecular weight is 480 g/mol. The van der Waals surface area contributed by atoms with Crippen molar-refractivity contribution in [1.82, 2.24) is 15.1 Å². The number of hydrogen-bond acceptors (Lipinski definition) is 5. The predicted molar refractivity (Wildman–Crippen MR) is 136 cm³/mol. The van der Waals surface area contributed by atoms with Gasteiger partial charge in [-0.25, -0.2) is 4.79 Å². The Morgan fingerprint density at radius 1 is 0.943 bits per heavy atom. The Morgan fingerprint density at radius 2 is 1.63 bits per heavy atom. The third-order valence-corrected chi connectivity index (χ3v) is 7.86. The van der Waals surface area contributed by atoms with Gasteiger partial charge in [0.25, 0.3) is 5.91 Å². The summed E-state index contributed by atoms with van der Waals surface area (Å²) >= 11 is 0. The number of piperidine rings is 1. The molecule has 1 atom stereocenters. The van der Waals surface area contributed by atoms with Crippen molar-refractivity contribution in [2.45, 2.75) is 59.2 Å². The van der Waals surface area contributed by atoms with Crippen molar-refractivity contribution in [3.63, 3.8) is 0 Å². The second-order valence-electron chi connectivity index (χ2n) is 10.1. The highest BCUT2D eigenvalue weighted by Crippen LogP contribution is 2.37. The van der Waals surface area contributed by atoms with E-state index in [2.05, 4.69) is 43.1 Å². The summed E-state index contributed by atoms with van der Waals surface area (Å²) in [6.45, 7) is 11.2. The van der Waals surface area contributed by atoms with Crippen LogP contribution in [-0.2, 0) is 17.9 Å². The van der Waals surface area contributed by atoms with Crippen molar-refractivity contribution >= 4 is 11.9 Å². The second kappa shape index (κ2) is 9.90. The zero-order chi connectivity index (χ0) is 25.3. The predicted octanol–water partition coefficient (Wildman–Crippen LogP) is 4.35. The van der Waals surface area contributed by atoms with Crippen molar-refractivity contribution in [3.8, 4) is 11.5 Å². The largest absolute Gasteiger partial charge is 0.493 e. The molecule has 2 saturated heterocycles. The number of para-hydroxylation sites is 1. The molecule has 7 heteroatoms. The summed E-state index contributed by atoms with van der Waals surface area (Å²) in [6, 6.07) is 9.69. The molecule has 2 aliphatic heterocycles. The summed E-state index contributed by atoms with van der Waals surface area (Å²) in [7, 11) is 3.13. The lowest BCUT2D eigenvalue weighted by Crippen LogP contribution is -2.53. The molecule has 2 aromatic carbocycles. The molecular formula is C28H37N3O4. The number of nitrogens with one attached hydrogen (secondary N) is 1. The molecule has 0 unspecified atom stereocenters. The molecule has 0 saturated carbocycles. The third-order valence-electron chi connectivity index (χ3n) is 7.86. The molecule has 0 radical (unpaired) electrons. The zero-order valence-electron chi connectivity index (χ0n) is 21.7. The van der Waals surface area contributed by atoms with Crippen LogP contribution in [0.2, 0.25) is 0 Å². The van der Waals surface area contributed by atoms with E-state index in [9.17, 15) is 9.59 Å². The first-order chi connectivity index (χ1) is 16.7. The van der Waals surface area contributed by atoms with Gasteiger partial charge in [0.15, 0.2) is 11.5 Å². The molecule has 0 aliphatic carbocycles. The molecule has 3 amide bonds. The van der Waals surface area contributed by atoms with Gasteiger partial charge in [0.1, 0.15) is 5.54 Å². The van der Waals surface area contributed by atoms with Gasteiger partial charge in [0, 0.05) is 12.1 Å². The average Bonchev–Trinajstić information content (AvgIpc) is 3.06. The molecule has 0 aromatic heterocycles. The Hall–Kier alpha value is -3.06. The molecule has 4 rings (SSSR count). The van der Waals surface area contributed by atoms with Crippen LogP contribution >= 0.6 is 0 Å². The van der Waals surface area contributed by atoms with Gasteiger partial charge < -0.3 is 14.8 Å². The fraction of sp³-hybridized carbons (Fsp3) is 0.500. The first-order valence-electron chi connectivity index (χ1n) is 12.3. The molecule has 0 bridgehead atoms. The number of urea groups is 1. The Balaban J connectivity index is 1.43. The molecule has 0 spiro atoms. The molecule has 2 aromatic rings. The minimum absolute atomic E-state index is 0.0910. The molecule has 35 heavy (non-hydrogen) atoms. The summed E-state index contributed by atoms with van der Waals surface area (Å²) in [5.74, 6) is 1.04. The molecule has 2 fully saturated rings. The number of amides is 3. The Morgan fingerprint density at radius 3 is 2.29 bits per heavy atom. The van der Waals surface area contributed by atoms with Crippen LogP contribution in [0.5, 0.6) is 11.5 Å². The van der Waals surface area contributed by atoms with Crippen molar-refractivity contribution < 1.29 is 19.1 Å². The molecule has 1 N–H and O–H groups in total. The van der Waals surface area contributed by atoms with E-state index in [0.717, 1.165) is 38.0 Å². The van der Waals surface area contributed by atoms with E-state index >= 15 is 0 Å². The standard InChI is InChI=1S/C28H37N3O4/c1-18-14-20(3)22(15-19(18)2)16-30-12-10-23(11-13-30)28(4)26(32)31(27(33)29-28)17-21-8-7-9-24(34-5)25(21)35-6/h7-9,14-15,23H,10-13,16-17H2,1-6H3,(H,29,33)/t28-/m1/s1. The van der Waals surface area contributed by atoms with Crippen LogP contribution in [0.25, 0.3) is 0 Å². The number of hydrogen-bond donors (Lipinski definition) is 1. The lowest BCUT2D eigenvalue weighted by Gasteiger charge is -2.39. The van der Waals surface area contributed by atoms with E-state index in [4.69, 9.17) is 9.47 Å². The molecule has 2 aliphatic rings. The van der Waals surface area contributed by atoms with Crippen molar-refractivity contribution in [3.05, 3.63) is 58.1 Å². The van der Waals surface area contributed by atoms with Crippen LogP contribution in [0.1, 0.15) is 47.6 Å². The van der Waals surface area contributed by atoms with Gasteiger partial charge >= 0.3 is 6.03 Å². The number of methoxy groups -OCH3 is 2. The highest BCUT2D eigenvalue weighted by atomic mass is 16.5. The van der Waals surface area contributed by atoms with Crippen LogP contribution in [0.15, 0.2) is 30.3 Å². The summed E-state index contributed by atoms with van der Waals surface area (Å²) < 4.78 is 10.9. The lowest BCUT2D eigenvalue weighted by molar-refractivity contribution is -0.133.